The SMILES string of the molecule is Cc1ccc(CNCC(O)CC2CCCC2)cn1. The standard InChI is InChI=1S/C15H24N2O/c1-12-6-7-14(10-17-12)9-16-11-15(18)8-13-4-2-3-5-13/h6-7,10,13,15-16,18H,2-5,8-9,11H2,1H3. The van der Waals surface area contributed by atoms with Crippen LogP contribution in [0.4, 0.5) is 0 Å². The molecule has 0 spiro atoms. The van der Waals surface area contributed by atoms with Gasteiger partial charge in [-0.05, 0) is 30.9 Å². The van der Waals surface area contributed by atoms with E-state index in [1.807, 2.05) is 19.2 Å². The molecule has 1 heterocycles. The smallest absolute Gasteiger partial charge is 0.0667 e. The summed E-state index contributed by atoms with van der Waals surface area (Å²) in [6.07, 6.45) is 7.95. The van der Waals surface area contributed by atoms with Gasteiger partial charge < -0.3 is 10.4 Å². The molecule has 0 aliphatic heterocycles. The van der Waals surface area contributed by atoms with Crippen LogP contribution in [0.5, 0.6) is 0 Å². The van der Waals surface area contributed by atoms with Crippen molar-refractivity contribution in [1.29, 1.82) is 0 Å². The van der Waals surface area contributed by atoms with E-state index in [1.54, 1.807) is 0 Å². The Morgan fingerprint density at radius 1 is 1.39 bits per heavy atom. The number of rotatable bonds is 6. The van der Waals surface area contributed by atoms with Crippen LogP contribution in [0, 0.1) is 12.8 Å². The Kier molecular flexibility index (Phi) is 5.14. The molecular weight excluding hydrogens is 224 g/mol. The van der Waals surface area contributed by atoms with Crippen LogP contribution in [-0.2, 0) is 6.54 Å². The Hall–Kier alpha value is -0.930. The summed E-state index contributed by atoms with van der Waals surface area (Å²) < 4.78 is 0. The van der Waals surface area contributed by atoms with Crippen LogP contribution in [0.2, 0.25) is 0 Å². The fourth-order valence-electron chi connectivity index (χ4n) is 2.70. The molecule has 1 aromatic rings. The lowest BCUT2D eigenvalue weighted by molar-refractivity contribution is 0.140. The molecule has 2 rings (SSSR count). The van der Waals surface area contributed by atoms with E-state index in [0.717, 1.165) is 24.6 Å². The van der Waals surface area contributed by atoms with E-state index in [9.17, 15) is 5.11 Å². The van der Waals surface area contributed by atoms with Crippen molar-refractivity contribution in [2.75, 3.05) is 6.54 Å². The maximum atomic E-state index is 9.95. The maximum absolute atomic E-state index is 9.95. The second kappa shape index (κ2) is 6.86. The lowest BCUT2D eigenvalue weighted by atomic mass is 10.00. The molecule has 3 nitrogen and oxygen atoms in total. The summed E-state index contributed by atoms with van der Waals surface area (Å²) in [6, 6.07) is 4.10. The monoisotopic (exact) mass is 248 g/mol. The zero-order chi connectivity index (χ0) is 12.8. The first-order valence-electron chi connectivity index (χ1n) is 7.04. The van der Waals surface area contributed by atoms with Gasteiger partial charge in [-0.15, -0.1) is 0 Å². The van der Waals surface area contributed by atoms with Gasteiger partial charge in [0.1, 0.15) is 0 Å². The Balaban J connectivity index is 1.63. The number of aliphatic hydroxyl groups excluding tert-OH is 1. The highest BCUT2D eigenvalue weighted by Crippen LogP contribution is 2.28. The summed E-state index contributed by atoms with van der Waals surface area (Å²) in [6.45, 7) is 3.46. The van der Waals surface area contributed by atoms with Crippen LogP contribution in [0.25, 0.3) is 0 Å². The molecule has 2 N–H and O–H groups in total. The average Bonchev–Trinajstić information content (AvgIpc) is 2.84. The van der Waals surface area contributed by atoms with E-state index in [2.05, 4.69) is 16.4 Å². The van der Waals surface area contributed by atoms with Crippen molar-refractivity contribution in [1.82, 2.24) is 10.3 Å². The van der Waals surface area contributed by atoms with E-state index < -0.39 is 0 Å². The van der Waals surface area contributed by atoms with Gasteiger partial charge in [-0.1, -0.05) is 31.7 Å². The number of hydrogen-bond donors (Lipinski definition) is 2. The van der Waals surface area contributed by atoms with Gasteiger partial charge >= 0.3 is 0 Å². The molecule has 1 unspecified atom stereocenters. The van der Waals surface area contributed by atoms with Crippen LogP contribution in [-0.4, -0.2) is 22.7 Å². The predicted molar refractivity (Wildman–Crippen MR) is 73.3 cm³/mol. The third-order valence-electron chi connectivity index (χ3n) is 3.76. The fraction of sp³-hybridized carbons (Fsp3) is 0.667. The molecule has 0 saturated heterocycles. The third kappa shape index (κ3) is 4.39. The molecule has 0 radical (unpaired) electrons. The number of hydrogen-bond acceptors (Lipinski definition) is 3. The lowest BCUT2D eigenvalue weighted by Crippen LogP contribution is -2.28. The van der Waals surface area contributed by atoms with Crippen LogP contribution in [0.15, 0.2) is 18.3 Å². The van der Waals surface area contributed by atoms with E-state index in [-0.39, 0.29) is 6.10 Å². The first kappa shape index (κ1) is 13.5. The first-order chi connectivity index (χ1) is 8.74. The molecule has 1 aliphatic rings. The van der Waals surface area contributed by atoms with Gasteiger partial charge in [-0.2, -0.15) is 0 Å². The highest BCUT2D eigenvalue weighted by Gasteiger charge is 2.18. The maximum Gasteiger partial charge on any atom is 0.0667 e. The highest BCUT2D eigenvalue weighted by atomic mass is 16.3. The van der Waals surface area contributed by atoms with Gasteiger partial charge in [-0.25, -0.2) is 0 Å². The third-order valence-corrected chi connectivity index (χ3v) is 3.76. The molecular formula is C15H24N2O. The van der Waals surface area contributed by atoms with E-state index in [0.29, 0.717) is 6.54 Å². The Labute approximate surface area is 110 Å². The van der Waals surface area contributed by atoms with Crippen LogP contribution in [0.3, 0.4) is 0 Å². The van der Waals surface area contributed by atoms with Crippen molar-refractivity contribution in [2.24, 2.45) is 5.92 Å². The average molecular weight is 248 g/mol. The van der Waals surface area contributed by atoms with Crippen LogP contribution < -0.4 is 5.32 Å². The second-order valence-electron chi connectivity index (χ2n) is 5.48. The summed E-state index contributed by atoms with van der Waals surface area (Å²) >= 11 is 0. The van der Waals surface area contributed by atoms with Crippen LogP contribution >= 0.6 is 0 Å². The largest absolute Gasteiger partial charge is 0.392 e. The fourth-order valence-corrected chi connectivity index (χ4v) is 2.70. The van der Waals surface area contributed by atoms with Crippen molar-refractivity contribution < 1.29 is 5.11 Å². The van der Waals surface area contributed by atoms with Crippen molar-refractivity contribution >= 4 is 0 Å². The second-order valence-corrected chi connectivity index (χ2v) is 5.48. The molecule has 1 atom stereocenters. The number of nitrogens with one attached hydrogen (secondary N) is 1. The molecule has 1 aliphatic carbocycles. The van der Waals surface area contributed by atoms with Gasteiger partial charge in [0.2, 0.25) is 0 Å². The molecule has 100 valence electrons. The molecule has 1 fully saturated rings. The Bertz CT molecular complexity index is 344. The van der Waals surface area contributed by atoms with Crippen molar-refractivity contribution in [3.8, 4) is 0 Å². The number of aliphatic hydroxyl groups is 1. The van der Waals surface area contributed by atoms with Gasteiger partial charge in [-0.3, -0.25) is 4.98 Å². The summed E-state index contributed by atoms with van der Waals surface area (Å²) in [5.41, 5.74) is 2.22. The lowest BCUT2D eigenvalue weighted by Gasteiger charge is -2.15. The quantitative estimate of drug-likeness (QED) is 0.812. The molecule has 1 saturated carbocycles. The normalized spacial score (nSPS) is 18.1. The number of aryl methyl sites for hydroxylation is 1. The molecule has 0 bridgehead atoms. The van der Waals surface area contributed by atoms with Gasteiger partial charge in [0.25, 0.3) is 0 Å². The van der Waals surface area contributed by atoms with E-state index in [1.165, 1.54) is 31.2 Å². The van der Waals surface area contributed by atoms with Crippen molar-refractivity contribution in [3.05, 3.63) is 29.6 Å². The van der Waals surface area contributed by atoms with Crippen LogP contribution in [0.1, 0.15) is 43.4 Å². The minimum atomic E-state index is -0.202. The topological polar surface area (TPSA) is 45.1 Å². The molecule has 1 aromatic heterocycles. The first-order valence-corrected chi connectivity index (χ1v) is 7.04. The summed E-state index contributed by atoms with van der Waals surface area (Å²) in [5.74, 6) is 0.753. The summed E-state index contributed by atoms with van der Waals surface area (Å²) in [5, 5.41) is 13.3. The molecule has 0 aromatic carbocycles. The van der Waals surface area contributed by atoms with E-state index in [4.69, 9.17) is 0 Å². The van der Waals surface area contributed by atoms with Gasteiger partial charge in [0.05, 0.1) is 6.10 Å². The van der Waals surface area contributed by atoms with Crippen molar-refractivity contribution in [3.63, 3.8) is 0 Å². The predicted octanol–water partition coefficient (Wildman–Crippen LogP) is 2.42. The van der Waals surface area contributed by atoms with Gasteiger partial charge in [0.15, 0.2) is 0 Å². The molecule has 18 heavy (non-hydrogen) atoms. The van der Waals surface area contributed by atoms with E-state index >= 15 is 0 Å². The summed E-state index contributed by atoms with van der Waals surface area (Å²) in [4.78, 5) is 4.26. The Morgan fingerprint density at radius 2 is 2.17 bits per heavy atom. The van der Waals surface area contributed by atoms with Crippen molar-refractivity contribution in [2.45, 2.75) is 51.7 Å². The number of aromatic nitrogens is 1. The highest BCUT2D eigenvalue weighted by molar-refractivity contribution is 5.12. The minimum Gasteiger partial charge on any atom is -0.392 e. The zero-order valence-corrected chi connectivity index (χ0v) is 11.2. The zero-order valence-electron chi connectivity index (χ0n) is 11.2. The van der Waals surface area contributed by atoms with Gasteiger partial charge in [0, 0.05) is 25.0 Å². The summed E-state index contributed by atoms with van der Waals surface area (Å²) in [7, 11) is 0. The molecule has 3 heteroatoms. The minimum absolute atomic E-state index is 0.202. The Morgan fingerprint density at radius 3 is 2.83 bits per heavy atom. The molecule has 0 amide bonds. The number of pyridine rings is 1. The number of nitrogens with zero attached hydrogens (tertiary/aromatic N) is 1.